The van der Waals surface area contributed by atoms with Gasteiger partial charge in [0.15, 0.2) is 0 Å². The molecule has 1 unspecified atom stereocenters. The maximum Gasteiger partial charge on any atom is 0.240 e. The molecule has 2 N–H and O–H groups in total. The molecule has 4 heteroatoms. The van der Waals surface area contributed by atoms with Crippen LogP contribution in [-0.2, 0) is 4.79 Å². The van der Waals surface area contributed by atoms with Crippen LogP contribution in [-0.4, -0.2) is 47.1 Å². The molecule has 1 rings (SSSR count). The molecule has 0 aliphatic carbocycles. The van der Waals surface area contributed by atoms with E-state index in [1.54, 1.807) is 0 Å². The minimum absolute atomic E-state index is 0.0658. The van der Waals surface area contributed by atoms with Crippen LogP contribution in [0.1, 0.15) is 54.9 Å². The van der Waals surface area contributed by atoms with Crippen molar-refractivity contribution in [3.05, 3.63) is 0 Å². The van der Waals surface area contributed by atoms with Crippen molar-refractivity contribution in [1.29, 1.82) is 0 Å². The fraction of sp³-hybridized carbons (Fsp3) is 0.933. The van der Waals surface area contributed by atoms with Gasteiger partial charge < -0.3 is 10.6 Å². The Morgan fingerprint density at radius 1 is 1.32 bits per heavy atom. The van der Waals surface area contributed by atoms with Crippen LogP contribution >= 0.6 is 0 Å². The summed E-state index contributed by atoms with van der Waals surface area (Å²) < 4.78 is 0. The van der Waals surface area contributed by atoms with Crippen LogP contribution in [0.3, 0.4) is 0 Å². The molecule has 0 bridgehead atoms. The maximum atomic E-state index is 12.4. The van der Waals surface area contributed by atoms with E-state index in [-0.39, 0.29) is 17.0 Å². The van der Waals surface area contributed by atoms with E-state index in [9.17, 15) is 4.79 Å². The second kappa shape index (κ2) is 5.41. The van der Waals surface area contributed by atoms with Gasteiger partial charge in [-0.05, 0) is 54.5 Å². The normalized spacial score (nSPS) is 28.3. The standard InChI is InChI=1S/C15H31N3O/c1-8-9-18-11-15(7,10-16-13(2,3)4)17-12(19)14(18,5)6/h16H,8-11H2,1-7H3,(H,17,19). The van der Waals surface area contributed by atoms with E-state index >= 15 is 0 Å². The molecule has 1 amide bonds. The lowest BCUT2D eigenvalue weighted by molar-refractivity contribution is -0.140. The van der Waals surface area contributed by atoms with E-state index in [0.29, 0.717) is 0 Å². The van der Waals surface area contributed by atoms with E-state index < -0.39 is 5.54 Å². The molecule has 0 aromatic rings. The molecule has 1 atom stereocenters. The fourth-order valence-electron chi connectivity index (χ4n) is 2.42. The lowest BCUT2D eigenvalue weighted by atomic mass is 9.88. The first-order valence-electron chi connectivity index (χ1n) is 7.33. The third-order valence-corrected chi connectivity index (χ3v) is 3.80. The molecule has 0 spiro atoms. The zero-order valence-corrected chi connectivity index (χ0v) is 13.7. The number of nitrogens with one attached hydrogen (secondary N) is 2. The average Bonchev–Trinajstić information content (AvgIpc) is 2.23. The van der Waals surface area contributed by atoms with Gasteiger partial charge in [-0.25, -0.2) is 0 Å². The van der Waals surface area contributed by atoms with Crippen molar-refractivity contribution in [2.75, 3.05) is 19.6 Å². The lowest BCUT2D eigenvalue weighted by Crippen LogP contribution is -2.73. The molecule has 0 radical (unpaired) electrons. The Balaban J connectivity index is 2.79. The SMILES string of the molecule is CCCN1CC(C)(CNC(C)(C)C)NC(=O)C1(C)C. The van der Waals surface area contributed by atoms with Crippen molar-refractivity contribution >= 4 is 5.91 Å². The first kappa shape index (κ1) is 16.4. The van der Waals surface area contributed by atoms with Crippen molar-refractivity contribution < 1.29 is 4.79 Å². The van der Waals surface area contributed by atoms with Gasteiger partial charge in [0.2, 0.25) is 5.91 Å². The van der Waals surface area contributed by atoms with E-state index in [1.165, 1.54) is 0 Å². The van der Waals surface area contributed by atoms with Crippen molar-refractivity contribution in [2.45, 2.75) is 71.5 Å². The molecular formula is C15H31N3O. The molecule has 19 heavy (non-hydrogen) atoms. The number of nitrogens with zero attached hydrogens (tertiary/aromatic N) is 1. The van der Waals surface area contributed by atoms with Crippen molar-refractivity contribution in [2.24, 2.45) is 0 Å². The Morgan fingerprint density at radius 2 is 1.89 bits per heavy atom. The average molecular weight is 269 g/mol. The Hall–Kier alpha value is -0.610. The number of hydrogen-bond acceptors (Lipinski definition) is 3. The summed E-state index contributed by atoms with van der Waals surface area (Å²) in [4.78, 5) is 14.7. The Morgan fingerprint density at radius 3 is 2.37 bits per heavy atom. The highest BCUT2D eigenvalue weighted by atomic mass is 16.2. The van der Waals surface area contributed by atoms with E-state index in [2.05, 4.69) is 50.2 Å². The molecule has 1 saturated heterocycles. The summed E-state index contributed by atoms with van der Waals surface area (Å²) in [6.07, 6.45) is 1.07. The van der Waals surface area contributed by atoms with Crippen LogP contribution in [0.15, 0.2) is 0 Å². The monoisotopic (exact) mass is 269 g/mol. The Kier molecular flexibility index (Phi) is 4.68. The molecular weight excluding hydrogens is 238 g/mol. The Labute approximate surface area is 118 Å². The van der Waals surface area contributed by atoms with Gasteiger partial charge in [-0.1, -0.05) is 6.92 Å². The number of carbonyl (C=O) groups is 1. The number of piperazine rings is 1. The fourth-order valence-corrected chi connectivity index (χ4v) is 2.42. The van der Waals surface area contributed by atoms with Crippen molar-refractivity contribution in [1.82, 2.24) is 15.5 Å². The van der Waals surface area contributed by atoms with E-state index in [4.69, 9.17) is 0 Å². The molecule has 1 aliphatic rings. The van der Waals surface area contributed by atoms with Gasteiger partial charge >= 0.3 is 0 Å². The first-order chi connectivity index (χ1) is 8.50. The maximum absolute atomic E-state index is 12.4. The van der Waals surface area contributed by atoms with Crippen LogP contribution in [0.4, 0.5) is 0 Å². The van der Waals surface area contributed by atoms with Crippen LogP contribution in [0.5, 0.6) is 0 Å². The minimum atomic E-state index is -0.406. The van der Waals surface area contributed by atoms with Gasteiger partial charge in [-0.3, -0.25) is 9.69 Å². The van der Waals surface area contributed by atoms with E-state index in [0.717, 1.165) is 26.1 Å². The van der Waals surface area contributed by atoms with Gasteiger partial charge in [-0.15, -0.1) is 0 Å². The van der Waals surface area contributed by atoms with Crippen LogP contribution in [0, 0.1) is 0 Å². The molecule has 0 saturated carbocycles. The van der Waals surface area contributed by atoms with Gasteiger partial charge in [-0.2, -0.15) is 0 Å². The molecule has 4 nitrogen and oxygen atoms in total. The topological polar surface area (TPSA) is 44.4 Å². The number of hydrogen-bond donors (Lipinski definition) is 2. The predicted molar refractivity (Wildman–Crippen MR) is 80.2 cm³/mol. The van der Waals surface area contributed by atoms with Crippen LogP contribution in [0.25, 0.3) is 0 Å². The van der Waals surface area contributed by atoms with Crippen molar-refractivity contribution in [3.63, 3.8) is 0 Å². The minimum Gasteiger partial charge on any atom is -0.347 e. The Bertz CT molecular complexity index is 333. The zero-order valence-electron chi connectivity index (χ0n) is 13.7. The summed E-state index contributed by atoms with van der Waals surface area (Å²) >= 11 is 0. The number of carbonyl (C=O) groups excluding carboxylic acids is 1. The van der Waals surface area contributed by atoms with Crippen molar-refractivity contribution in [3.8, 4) is 0 Å². The predicted octanol–water partition coefficient (Wildman–Crippen LogP) is 1.75. The van der Waals surface area contributed by atoms with Gasteiger partial charge in [0, 0.05) is 18.6 Å². The molecule has 0 aromatic heterocycles. The molecule has 1 heterocycles. The summed E-state index contributed by atoms with van der Waals surface area (Å²) in [6.45, 7) is 17.4. The molecule has 112 valence electrons. The molecule has 0 aromatic carbocycles. The highest BCUT2D eigenvalue weighted by molar-refractivity contribution is 5.87. The quantitative estimate of drug-likeness (QED) is 0.817. The summed E-state index contributed by atoms with van der Waals surface area (Å²) in [7, 11) is 0. The second-order valence-electron chi connectivity index (χ2n) is 7.60. The van der Waals surface area contributed by atoms with Gasteiger partial charge in [0.25, 0.3) is 0 Å². The third kappa shape index (κ3) is 4.18. The summed E-state index contributed by atoms with van der Waals surface area (Å²) in [5.74, 6) is 0.130. The van der Waals surface area contributed by atoms with E-state index in [1.807, 2.05) is 13.8 Å². The second-order valence-corrected chi connectivity index (χ2v) is 7.60. The van der Waals surface area contributed by atoms with Gasteiger partial charge in [0.1, 0.15) is 0 Å². The highest BCUT2D eigenvalue weighted by Crippen LogP contribution is 2.25. The number of rotatable bonds is 4. The molecule has 1 aliphatic heterocycles. The number of amides is 1. The summed E-state index contributed by atoms with van der Waals surface area (Å²) in [6, 6.07) is 0. The highest BCUT2D eigenvalue weighted by Gasteiger charge is 2.45. The van der Waals surface area contributed by atoms with Gasteiger partial charge in [0.05, 0.1) is 11.1 Å². The first-order valence-corrected chi connectivity index (χ1v) is 7.33. The lowest BCUT2D eigenvalue weighted by Gasteiger charge is -2.50. The smallest absolute Gasteiger partial charge is 0.240 e. The third-order valence-electron chi connectivity index (χ3n) is 3.80. The summed E-state index contributed by atoms with van der Waals surface area (Å²) in [5.41, 5.74) is -0.539. The largest absolute Gasteiger partial charge is 0.347 e. The summed E-state index contributed by atoms with van der Waals surface area (Å²) in [5, 5.41) is 6.70. The zero-order chi connectivity index (χ0) is 14.9. The van der Waals surface area contributed by atoms with Crippen LogP contribution < -0.4 is 10.6 Å². The van der Waals surface area contributed by atoms with Crippen LogP contribution in [0.2, 0.25) is 0 Å². The molecule has 1 fully saturated rings.